The van der Waals surface area contributed by atoms with Crippen molar-refractivity contribution in [2.24, 2.45) is 5.92 Å². The van der Waals surface area contributed by atoms with E-state index in [1.165, 1.54) is 12.8 Å². The van der Waals surface area contributed by atoms with E-state index in [1.54, 1.807) is 0 Å². The van der Waals surface area contributed by atoms with E-state index in [4.69, 9.17) is 0 Å². The maximum Gasteiger partial charge on any atom is 0.253 e. The van der Waals surface area contributed by atoms with Crippen LogP contribution < -0.4 is 5.32 Å². The van der Waals surface area contributed by atoms with Gasteiger partial charge in [-0.1, -0.05) is 18.2 Å². The highest BCUT2D eigenvalue weighted by atomic mass is 16.2. The topological polar surface area (TPSA) is 52.7 Å². The highest BCUT2D eigenvalue weighted by Gasteiger charge is 2.29. The number of rotatable bonds is 5. The Balaban J connectivity index is 1.43. The van der Waals surface area contributed by atoms with E-state index in [0.29, 0.717) is 31.6 Å². The number of nitrogens with one attached hydrogen (secondary N) is 1. The summed E-state index contributed by atoms with van der Waals surface area (Å²) in [6.07, 6.45) is 2.48. The molecule has 0 unspecified atom stereocenters. The summed E-state index contributed by atoms with van der Waals surface area (Å²) in [4.78, 5) is 28.4. The van der Waals surface area contributed by atoms with Gasteiger partial charge in [-0.25, -0.2) is 0 Å². The normalized spacial score (nSPS) is 20.1. The van der Waals surface area contributed by atoms with Crippen molar-refractivity contribution in [3.8, 4) is 0 Å². The fourth-order valence-electron chi connectivity index (χ4n) is 3.09. The molecule has 23 heavy (non-hydrogen) atoms. The molecule has 124 valence electrons. The van der Waals surface area contributed by atoms with Crippen LogP contribution in [0.5, 0.6) is 0 Å². The highest BCUT2D eigenvalue weighted by molar-refractivity contribution is 5.94. The molecule has 2 amide bonds. The van der Waals surface area contributed by atoms with Crippen molar-refractivity contribution in [2.75, 3.05) is 32.7 Å². The predicted octanol–water partition coefficient (Wildman–Crippen LogP) is 1.36. The first-order valence-corrected chi connectivity index (χ1v) is 8.49. The SMILES string of the molecule is C[C@H](NC(=O)CN1CCN(C(=O)c2ccccc2)CC1)C1CC1. The van der Waals surface area contributed by atoms with Crippen molar-refractivity contribution in [1.82, 2.24) is 15.1 Å². The van der Waals surface area contributed by atoms with Crippen molar-refractivity contribution in [2.45, 2.75) is 25.8 Å². The Labute approximate surface area is 137 Å². The second kappa shape index (κ2) is 7.13. The zero-order chi connectivity index (χ0) is 16.2. The van der Waals surface area contributed by atoms with E-state index in [0.717, 1.165) is 18.7 Å². The van der Waals surface area contributed by atoms with Crippen LogP contribution in [0.4, 0.5) is 0 Å². The number of carbonyl (C=O) groups excluding carboxylic acids is 2. The quantitative estimate of drug-likeness (QED) is 0.892. The fourth-order valence-corrected chi connectivity index (χ4v) is 3.09. The molecule has 1 aromatic rings. The van der Waals surface area contributed by atoms with Gasteiger partial charge in [0, 0.05) is 37.8 Å². The van der Waals surface area contributed by atoms with Crippen molar-refractivity contribution < 1.29 is 9.59 Å². The Morgan fingerprint density at radius 2 is 1.78 bits per heavy atom. The third-order valence-electron chi connectivity index (χ3n) is 4.77. The van der Waals surface area contributed by atoms with Crippen LogP contribution in [0.15, 0.2) is 30.3 Å². The summed E-state index contributed by atoms with van der Waals surface area (Å²) in [5, 5.41) is 3.09. The Morgan fingerprint density at radius 1 is 1.13 bits per heavy atom. The number of hydrogen-bond donors (Lipinski definition) is 1. The van der Waals surface area contributed by atoms with Gasteiger partial charge >= 0.3 is 0 Å². The Hall–Kier alpha value is -1.88. The summed E-state index contributed by atoms with van der Waals surface area (Å²) in [6, 6.07) is 9.67. The smallest absolute Gasteiger partial charge is 0.253 e. The molecule has 1 aliphatic carbocycles. The average Bonchev–Trinajstić information content (AvgIpc) is 3.40. The van der Waals surface area contributed by atoms with Crippen LogP contribution in [0, 0.1) is 5.92 Å². The molecule has 0 aromatic heterocycles. The van der Waals surface area contributed by atoms with Gasteiger partial charge < -0.3 is 10.2 Å². The molecule has 1 N–H and O–H groups in total. The number of piperazine rings is 1. The lowest BCUT2D eigenvalue weighted by Gasteiger charge is -2.34. The summed E-state index contributed by atoms with van der Waals surface area (Å²) in [5.41, 5.74) is 0.733. The van der Waals surface area contributed by atoms with Crippen LogP contribution in [-0.2, 0) is 4.79 Å². The molecule has 5 nitrogen and oxygen atoms in total. The van der Waals surface area contributed by atoms with Gasteiger partial charge in [-0.2, -0.15) is 0 Å². The van der Waals surface area contributed by atoms with E-state index in [9.17, 15) is 9.59 Å². The third-order valence-corrected chi connectivity index (χ3v) is 4.77. The lowest BCUT2D eigenvalue weighted by Crippen LogP contribution is -2.51. The van der Waals surface area contributed by atoms with E-state index in [2.05, 4.69) is 17.1 Å². The Kier molecular flexibility index (Phi) is 4.96. The van der Waals surface area contributed by atoms with Crippen molar-refractivity contribution >= 4 is 11.8 Å². The molecule has 2 fully saturated rings. The first-order valence-electron chi connectivity index (χ1n) is 8.49. The van der Waals surface area contributed by atoms with Gasteiger partial charge in [0.25, 0.3) is 5.91 Å². The van der Waals surface area contributed by atoms with Crippen molar-refractivity contribution in [3.05, 3.63) is 35.9 Å². The van der Waals surface area contributed by atoms with Gasteiger partial charge in [-0.3, -0.25) is 14.5 Å². The van der Waals surface area contributed by atoms with Gasteiger partial charge in [0.05, 0.1) is 6.54 Å². The summed E-state index contributed by atoms with van der Waals surface area (Å²) >= 11 is 0. The molecule has 0 bridgehead atoms. The van der Waals surface area contributed by atoms with Crippen LogP contribution in [0.3, 0.4) is 0 Å². The van der Waals surface area contributed by atoms with E-state index >= 15 is 0 Å². The molecule has 1 saturated heterocycles. The first kappa shape index (κ1) is 16.0. The molecule has 1 heterocycles. The molecule has 0 radical (unpaired) electrons. The monoisotopic (exact) mass is 315 g/mol. The highest BCUT2D eigenvalue weighted by Crippen LogP contribution is 2.32. The minimum Gasteiger partial charge on any atom is -0.352 e. The van der Waals surface area contributed by atoms with Gasteiger partial charge in [0.2, 0.25) is 5.91 Å². The first-order chi connectivity index (χ1) is 11.1. The van der Waals surface area contributed by atoms with Crippen LogP contribution in [0.1, 0.15) is 30.1 Å². The van der Waals surface area contributed by atoms with Crippen LogP contribution >= 0.6 is 0 Å². The largest absolute Gasteiger partial charge is 0.352 e. The second-order valence-corrected chi connectivity index (χ2v) is 6.63. The second-order valence-electron chi connectivity index (χ2n) is 6.63. The zero-order valence-corrected chi connectivity index (χ0v) is 13.7. The number of nitrogens with zero attached hydrogens (tertiary/aromatic N) is 2. The van der Waals surface area contributed by atoms with Crippen LogP contribution in [-0.4, -0.2) is 60.4 Å². The Morgan fingerprint density at radius 3 is 2.39 bits per heavy atom. The fraction of sp³-hybridized carbons (Fsp3) is 0.556. The molecular weight excluding hydrogens is 290 g/mol. The van der Waals surface area contributed by atoms with Crippen molar-refractivity contribution in [1.29, 1.82) is 0 Å². The van der Waals surface area contributed by atoms with Crippen LogP contribution in [0.25, 0.3) is 0 Å². The lowest BCUT2D eigenvalue weighted by molar-refractivity contribution is -0.123. The molecule has 1 atom stereocenters. The molecular formula is C18H25N3O2. The zero-order valence-electron chi connectivity index (χ0n) is 13.7. The third kappa shape index (κ3) is 4.32. The van der Waals surface area contributed by atoms with E-state index in [1.807, 2.05) is 35.2 Å². The number of hydrogen-bond acceptors (Lipinski definition) is 3. The van der Waals surface area contributed by atoms with Gasteiger partial charge in [0.15, 0.2) is 0 Å². The maximum atomic E-state index is 12.4. The van der Waals surface area contributed by atoms with Gasteiger partial charge in [0.1, 0.15) is 0 Å². The summed E-state index contributed by atoms with van der Waals surface area (Å²) in [7, 11) is 0. The summed E-state index contributed by atoms with van der Waals surface area (Å²) in [5.74, 6) is 0.864. The maximum absolute atomic E-state index is 12.4. The molecule has 1 aromatic carbocycles. The van der Waals surface area contributed by atoms with E-state index < -0.39 is 0 Å². The lowest BCUT2D eigenvalue weighted by atomic mass is 10.2. The minimum atomic E-state index is 0.0806. The summed E-state index contributed by atoms with van der Waals surface area (Å²) in [6.45, 7) is 5.39. The molecule has 3 rings (SSSR count). The number of benzene rings is 1. The molecule has 1 saturated carbocycles. The molecule has 5 heteroatoms. The molecule has 1 aliphatic heterocycles. The van der Waals surface area contributed by atoms with Crippen molar-refractivity contribution in [3.63, 3.8) is 0 Å². The average molecular weight is 315 g/mol. The minimum absolute atomic E-state index is 0.0806. The van der Waals surface area contributed by atoms with Crippen LogP contribution in [0.2, 0.25) is 0 Å². The van der Waals surface area contributed by atoms with E-state index in [-0.39, 0.29) is 11.8 Å². The van der Waals surface area contributed by atoms with Gasteiger partial charge in [-0.15, -0.1) is 0 Å². The molecule has 0 spiro atoms. The predicted molar refractivity (Wildman–Crippen MR) is 89.1 cm³/mol. The van der Waals surface area contributed by atoms with Gasteiger partial charge in [-0.05, 0) is 37.8 Å². The molecule has 2 aliphatic rings. The standard InChI is InChI=1S/C18H25N3O2/c1-14(15-7-8-15)19-17(22)13-20-9-11-21(12-10-20)18(23)16-5-3-2-4-6-16/h2-6,14-15H,7-13H2,1H3,(H,19,22)/t14-/m0/s1. The number of carbonyl (C=O) groups is 2. The Bertz CT molecular complexity index is 549. The number of amides is 2. The summed E-state index contributed by atoms with van der Waals surface area (Å²) < 4.78 is 0.